The molecule has 1 saturated carbocycles. The molecule has 0 radical (unpaired) electrons. The summed E-state index contributed by atoms with van der Waals surface area (Å²) in [7, 11) is 0. The maximum atomic E-state index is 13.1. The Hall–Kier alpha value is -1.90. The summed E-state index contributed by atoms with van der Waals surface area (Å²) in [4.78, 5) is 0. The van der Waals surface area contributed by atoms with Crippen molar-refractivity contribution < 1.29 is 13.5 Å². The molecule has 2 aromatic rings. The smallest absolute Gasteiger partial charge is 0.387 e. The molecule has 0 atom stereocenters. The van der Waals surface area contributed by atoms with Crippen LogP contribution in [0.3, 0.4) is 0 Å². The summed E-state index contributed by atoms with van der Waals surface area (Å²) in [6.07, 6.45) is 15.9. The Balaban J connectivity index is 1.75. The van der Waals surface area contributed by atoms with Crippen LogP contribution >= 0.6 is 0 Å². The molecule has 0 saturated heterocycles. The maximum absolute atomic E-state index is 13.1. The second-order valence-electron chi connectivity index (χ2n) is 8.73. The van der Waals surface area contributed by atoms with Crippen LogP contribution in [0, 0.1) is 5.92 Å². The molecule has 0 unspecified atom stereocenters. The molecule has 1 fully saturated rings. The fourth-order valence-corrected chi connectivity index (χ4v) is 4.89. The van der Waals surface area contributed by atoms with E-state index in [9.17, 15) is 8.78 Å². The van der Waals surface area contributed by atoms with Gasteiger partial charge in [-0.3, -0.25) is 0 Å². The first-order chi connectivity index (χ1) is 14.6. The van der Waals surface area contributed by atoms with Gasteiger partial charge in [0.15, 0.2) is 0 Å². The number of hydrogen-bond acceptors (Lipinski definition) is 1. The van der Waals surface area contributed by atoms with Gasteiger partial charge in [0.05, 0.1) is 0 Å². The fourth-order valence-electron chi connectivity index (χ4n) is 4.89. The molecule has 0 amide bonds. The summed E-state index contributed by atoms with van der Waals surface area (Å²) >= 11 is 0. The number of benzene rings is 2. The average molecular weight is 415 g/mol. The topological polar surface area (TPSA) is 9.23 Å². The number of hydrogen-bond donors (Lipinski definition) is 0. The zero-order chi connectivity index (χ0) is 21.3. The van der Waals surface area contributed by atoms with E-state index in [1.807, 2.05) is 12.1 Å². The van der Waals surface area contributed by atoms with Crippen molar-refractivity contribution in [2.45, 2.75) is 90.6 Å². The van der Waals surface area contributed by atoms with Gasteiger partial charge in [-0.15, -0.1) is 0 Å². The third-order valence-electron chi connectivity index (χ3n) is 6.63. The van der Waals surface area contributed by atoms with Gasteiger partial charge in [0.2, 0.25) is 0 Å². The Morgan fingerprint density at radius 3 is 2.57 bits per heavy atom. The Morgan fingerprint density at radius 1 is 1.07 bits per heavy atom. The van der Waals surface area contributed by atoms with Crippen LogP contribution in [0.25, 0.3) is 10.8 Å². The number of fused-ring (bicyclic) bond motifs is 1. The minimum Gasteiger partial charge on any atom is -0.434 e. The molecule has 3 heteroatoms. The number of ether oxygens (including phenoxy) is 1. The zero-order valence-corrected chi connectivity index (χ0v) is 18.5. The lowest BCUT2D eigenvalue weighted by atomic mass is 9.77. The van der Waals surface area contributed by atoms with Crippen molar-refractivity contribution in [1.82, 2.24) is 0 Å². The first-order valence-corrected chi connectivity index (χ1v) is 11.7. The Morgan fingerprint density at radius 2 is 1.87 bits per heavy atom. The lowest BCUT2D eigenvalue weighted by molar-refractivity contribution is -0.0493. The summed E-state index contributed by atoms with van der Waals surface area (Å²) in [6, 6.07) is 10.4. The minimum absolute atomic E-state index is 0.373. The van der Waals surface area contributed by atoms with Crippen molar-refractivity contribution in [1.29, 1.82) is 0 Å². The van der Waals surface area contributed by atoms with Crippen molar-refractivity contribution >= 4 is 10.8 Å². The summed E-state index contributed by atoms with van der Waals surface area (Å²) < 4.78 is 31.2. The molecule has 3 rings (SSSR count). The van der Waals surface area contributed by atoms with E-state index in [1.165, 1.54) is 44.1 Å². The largest absolute Gasteiger partial charge is 0.434 e. The first-order valence-electron chi connectivity index (χ1n) is 11.7. The molecule has 0 aliphatic heterocycles. The van der Waals surface area contributed by atoms with Gasteiger partial charge in [-0.05, 0) is 86.6 Å². The molecule has 0 aromatic heterocycles. The van der Waals surface area contributed by atoms with Crippen molar-refractivity contribution in [3.05, 3.63) is 53.6 Å². The van der Waals surface area contributed by atoms with Crippen molar-refractivity contribution in [2.75, 3.05) is 0 Å². The predicted octanol–water partition coefficient (Wildman–Crippen LogP) is 8.80. The van der Waals surface area contributed by atoms with Gasteiger partial charge < -0.3 is 4.74 Å². The van der Waals surface area contributed by atoms with Gasteiger partial charge >= 0.3 is 6.61 Å². The number of unbranched alkanes of at least 4 members (excludes halogenated alkanes) is 2. The highest BCUT2D eigenvalue weighted by Crippen LogP contribution is 2.40. The van der Waals surface area contributed by atoms with Crippen molar-refractivity contribution in [2.24, 2.45) is 5.92 Å². The highest BCUT2D eigenvalue weighted by molar-refractivity contribution is 5.90. The fraction of sp³-hybridized carbons (Fsp3) is 0.556. The van der Waals surface area contributed by atoms with Crippen LogP contribution in [0.1, 0.15) is 88.7 Å². The summed E-state index contributed by atoms with van der Waals surface area (Å²) in [5.74, 6) is 1.79. The second-order valence-corrected chi connectivity index (χ2v) is 8.73. The van der Waals surface area contributed by atoms with E-state index in [2.05, 4.69) is 44.2 Å². The highest BCUT2D eigenvalue weighted by atomic mass is 19.3. The highest BCUT2D eigenvalue weighted by Gasteiger charge is 2.22. The van der Waals surface area contributed by atoms with E-state index >= 15 is 0 Å². The van der Waals surface area contributed by atoms with Gasteiger partial charge in [-0.1, -0.05) is 62.2 Å². The van der Waals surface area contributed by atoms with E-state index in [0.29, 0.717) is 11.7 Å². The van der Waals surface area contributed by atoms with E-state index < -0.39 is 6.61 Å². The molecule has 0 N–H and O–H groups in total. The molecule has 30 heavy (non-hydrogen) atoms. The summed E-state index contributed by atoms with van der Waals surface area (Å²) in [6.45, 7) is 1.44. The third-order valence-corrected chi connectivity index (χ3v) is 6.63. The molecule has 0 bridgehead atoms. The van der Waals surface area contributed by atoms with Crippen LogP contribution in [0.5, 0.6) is 5.75 Å². The molecule has 164 valence electrons. The van der Waals surface area contributed by atoms with Gasteiger partial charge in [0.25, 0.3) is 0 Å². The van der Waals surface area contributed by atoms with E-state index in [-0.39, 0.29) is 0 Å². The molecule has 1 aliphatic rings. The molecule has 2 aromatic carbocycles. The van der Waals surface area contributed by atoms with E-state index in [1.54, 1.807) is 0 Å². The Bertz CT molecular complexity index is 819. The molecule has 0 spiro atoms. The third kappa shape index (κ3) is 6.06. The molecule has 0 heterocycles. The first kappa shape index (κ1) is 22.8. The van der Waals surface area contributed by atoms with Crippen LogP contribution in [-0.4, -0.2) is 6.61 Å². The second kappa shape index (κ2) is 11.5. The lowest BCUT2D eigenvalue weighted by Crippen LogP contribution is -2.13. The SMILES string of the molecule is C/C=C/CCC1CCC(c2ccc3c(OC(F)F)c(CCCCC)ccc3c2)CC1. The molecular formula is C27H36F2O. The van der Waals surface area contributed by atoms with Crippen molar-refractivity contribution in [3.63, 3.8) is 0 Å². The quantitative estimate of drug-likeness (QED) is 0.279. The molecule has 1 nitrogen and oxygen atoms in total. The Labute approximate surface area is 180 Å². The number of allylic oxidation sites excluding steroid dienone is 2. The van der Waals surface area contributed by atoms with Crippen LogP contribution in [0.2, 0.25) is 0 Å². The Kier molecular flexibility index (Phi) is 8.72. The van der Waals surface area contributed by atoms with Gasteiger partial charge in [-0.2, -0.15) is 8.78 Å². The van der Waals surface area contributed by atoms with Crippen molar-refractivity contribution in [3.8, 4) is 5.75 Å². The van der Waals surface area contributed by atoms with E-state index in [4.69, 9.17) is 4.74 Å². The number of alkyl halides is 2. The predicted molar refractivity (Wildman–Crippen MR) is 123 cm³/mol. The number of halogens is 2. The van der Waals surface area contributed by atoms with Gasteiger partial charge in [-0.25, -0.2) is 0 Å². The summed E-state index contributed by atoms with van der Waals surface area (Å²) in [5.41, 5.74) is 2.24. The zero-order valence-electron chi connectivity index (χ0n) is 18.5. The minimum atomic E-state index is -2.79. The standard InChI is InChI=1S/C27H36F2O/c1-3-5-7-9-20-11-13-21(14-12-20)23-17-18-25-24(19-23)16-15-22(10-8-6-4-2)26(25)30-27(28)29/h3,5,15-21,27H,4,6-14H2,1-2H3/b5-3+. The monoisotopic (exact) mass is 414 g/mol. The molecular weight excluding hydrogens is 378 g/mol. The van der Waals surface area contributed by atoms with Gasteiger partial charge in [0, 0.05) is 5.39 Å². The van der Waals surface area contributed by atoms with Crippen LogP contribution in [0.15, 0.2) is 42.5 Å². The maximum Gasteiger partial charge on any atom is 0.387 e. The van der Waals surface area contributed by atoms with Crippen LogP contribution < -0.4 is 4.74 Å². The number of rotatable bonds is 10. The van der Waals surface area contributed by atoms with E-state index in [0.717, 1.165) is 47.9 Å². The summed E-state index contributed by atoms with van der Waals surface area (Å²) in [5, 5.41) is 1.82. The lowest BCUT2D eigenvalue weighted by Gasteiger charge is -2.29. The average Bonchev–Trinajstić information content (AvgIpc) is 2.75. The van der Waals surface area contributed by atoms with Gasteiger partial charge in [0.1, 0.15) is 5.75 Å². The number of aryl methyl sites for hydroxylation is 1. The molecule has 1 aliphatic carbocycles. The van der Waals surface area contributed by atoms with Crippen LogP contribution in [0.4, 0.5) is 8.78 Å². The normalized spacial score (nSPS) is 19.8. The van der Waals surface area contributed by atoms with Crippen LogP contribution in [-0.2, 0) is 6.42 Å².